The number of nitrogens with two attached hydrogens (primary N) is 1. The number of hydrogen-bond donors (Lipinski definition) is 2. The molecule has 0 radical (unpaired) electrons. The molecule has 1 aromatic rings. The van der Waals surface area contributed by atoms with Crippen LogP contribution >= 0.6 is 11.6 Å². The van der Waals surface area contributed by atoms with E-state index in [1.54, 1.807) is 0 Å². The maximum Gasteiger partial charge on any atom is 0.237 e. The number of benzene rings is 1. The lowest BCUT2D eigenvalue weighted by Crippen LogP contribution is -2.42. The van der Waals surface area contributed by atoms with Crippen molar-refractivity contribution in [3.8, 4) is 0 Å². The van der Waals surface area contributed by atoms with E-state index in [4.69, 9.17) is 17.3 Å². The first-order valence-electron chi connectivity index (χ1n) is 6.21. The van der Waals surface area contributed by atoms with Crippen LogP contribution in [0, 0.1) is 5.92 Å². The van der Waals surface area contributed by atoms with Gasteiger partial charge in [-0.3, -0.25) is 4.79 Å². The van der Waals surface area contributed by atoms with Crippen molar-refractivity contribution < 1.29 is 4.79 Å². The van der Waals surface area contributed by atoms with Gasteiger partial charge in [0, 0.05) is 5.02 Å². The predicted octanol–water partition coefficient (Wildman–Crippen LogP) is 2.89. The lowest BCUT2D eigenvalue weighted by atomic mass is 10.0. The third-order valence-electron chi connectivity index (χ3n) is 2.79. The van der Waals surface area contributed by atoms with Gasteiger partial charge in [0.15, 0.2) is 0 Å². The number of amides is 1. The van der Waals surface area contributed by atoms with E-state index in [-0.39, 0.29) is 11.9 Å². The summed E-state index contributed by atoms with van der Waals surface area (Å²) in [4.78, 5) is 11.9. The van der Waals surface area contributed by atoms with Gasteiger partial charge in [-0.15, -0.1) is 0 Å². The monoisotopic (exact) mass is 268 g/mol. The molecule has 2 atom stereocenters. The second-order valence-electron chi connectivity index (χ2n) is 5.02. The Morgan fingerprint density at radius 1 is 1.28 bits per heavy atom. The zero-order chi connectivity index (χ0) is 13.7. The molecule has 3 nitrogen and oxygen atoms in total. The average Bonchev–Trinajstić information content (AvgIpc) is 2.28. The van der Waals surface area contributed by atoms with Crippen LogP contribution in [-0.2, 0) is 4.79 Å². The lowest BCUT2D eigenvalue weighted by Gasteiger charge is -2.19. The Balaban J connectivity index is 2.56. The van der Waals surface area contributed by atoms with Gasteiger partial charge in [-0.1, -0.05) is 37.6 Å². The molecule has 1 amide bonds. The molecule has 4 heteroatoms. The smallest absolute Gasteiger partial charge is 0.237 e. The van der Waals surface area contributed by atoms with Crippen molar-refractivity contribution in [1.82, 2.24) is 5.32 Å². The molecular formula is C14H21ClN2O. The van der Waals surface area contributed by atoms with Crippen molar-refractivity contribution in [3.05, 3.63) is 34.9 Å². The Kier molecular flexibility index (Phi) is 5.63. The normalized spacial score (nSPS) is 14.3. The summed E-state index contributed by atoms with van der Waals surface area (Å²) in [7, 11) is 0. The molecule has 2 unspecified atom stereocenters. The summed E-state index contributed by atoms with van der Waals surface area (Å²) in [6.07, 6.45) is 0.694. The number of nitrogens with one attached hydrogen (secondary N) is 1. The third kappa shape index (κ3) is 4.67. The summed E-state index contributed by atoms with van der Waals surface area (Å²) < 4.78 is 0. The van der Waals surface area contributed by atoms with Crippen molar-refractivity contribution >= 4 is 17.5 Å². The fourth-order valence-corrected chi connectivity index (χ4v) is 1.90. The topological polar surface area (TPSA) is 55.1 Å². The van der Waals surface area contributed by atoms with Crippen molar-refractivity contribution in [2.75, 3.05) is 0 Å². The first-order valence-corrected chi connectivity index (χ1v) is 6.59. The fourth-order valence-electron chi connectivity index (χ4n) is 1.77. The first-order chi connectivity index (χ1) is 8.40. The first kappa shape index (κ1) is 15.0. The summed E-state index contributed by atoms with van der Waals surface area (Å²) in [5, 5.41) is 3.60. The Hall–Kier alpha value is -1.06. The van der Waals surface area contributed by atoms with Crippen LogP contribution in [0.1, 0.15) is 38.8 Å². The minimum Gasteiger partial charge on any atom is -0.348 e. The summed E-state index contributed by atoms with van der Waals surface area (Å²) in [6.45, 7) is 6.04. The van der Waals surface area contributed by atoms with Gasteiger partial charge in [0.05, 0.1) is 12.1 Å². The average molecular weight is 269 g/mol. The van der Waals surface area contributed by atoms with E-state index >= 15 is 0 Å². The van der Waals surface area contributed by atoms with Crippen molar-refractivity contribution in [1.29, 1.82) is 0 Å². The molecule has 0 spiro atoms. The predicted molar refractivity (Wildman–Crippen MR) is 75.4 cm³/mol. The van der Waals surface area contributed by atoms with Crippen LogP contribution in [-0.4, -0.2) is 11.9 Å². The van der Waals surface area contributed by atoms with Gasteiger partial charge in [-0.2, -0.15) is 0 Å². The van der Waals surface area contributed by atoms with E-state index in [9.17, 15) is 4.79 Å². The molecule has 0 aromatic heterocycles. The highest BCUT2D eigenvalue weighted by atomic mass is 35.5. The standard InChI is InChI=1S/C14H21ClN2O/c1-9(2)8-13(16)14(18)17-10(3)11-4-6-12(15)7-5-11/h4-7,9-10,13H,8,16H2,1-3H3,(H,17,18). The molecule has 0 bridgehead atoms. The van der Waals surface area contributed by atoms with Crippen LogP contribution in [0.25, 0.3) is 0 Å². The summed E-state index contributed by atoms with van der Waals surface area (Å²) >= 11 is 5.82. The fraction of sp³-hybridized carbons (Fsp3) is 0.500. The summed E-state index contributed by atoms with van der Waals surface area (Å²) in [5.74, 6) is 0.308. The Morgan fingerprint density at radius 2 is 1.83 bits per heavy atom. The molecule has 0 aliphatic rings. The summed E-state index contributed by atoms with van der Waals surface area (Å²) in [5.41, 5.74) is 6.85. The molecule has 0 saturated carbocycles. The highest BCUT2D eigenvalue weighted by molar-refractivity contribution is 6.30. The number of halogens is 1. The quantitative estimate of drug-likeness (QED) is 0.863. The number of carbonyl (C=O) groups excluding carboxylic acids is 1. The van der Waals surface area contributed by atoms with Gasteiger partial charge >= 0.3 is 0 Å². The van der Waals surface area contributed by atoms with Crippen LogP contribution in [0.3, 0.4) is 0 Å². The van der Waals surface area contributed by atoms with Crippen LogP contribution in [0.15, 0.2) is 24.3 Å². The van der Waals surface area contributed by atoms with Gasteiger partial charge in [-0.05, 0) is 37.0 Å². The van der Waals surface area contributed by atoms with Crippen molar-refractivity contribution in [3.63, 3.8) is 0 Å². The Labute approximate surface area is 114 Å². The Bertz CT molecular complexity index is 389. The van der Waals surface area contributed by atoms with E-state index in [0.717, 1.165) is 5.56 Å². The second-order valence-corrected chi connectivity index (χ2v) is 5.45. The molecule has 1 rings (SSSR count). The maximum atomic E-state index is 11.9. The van der Waals surface area contributed by atoms with Crippen molar-refractivity contribution in [2.24, 2.45) is 11.7 Å². The van der Waals surface area contributed by atoms with Crippen LogP contribution < -0.4 is 11.1 Å². The molecule has 0 heterocycles. The molecule has 100 valence electrons. The SMILES string of the molecule is CC(C)CC(N)C(=O)NC(C)c1ccc(Cl)cc1. The summed E-state index contributed by atoms with van der Waals surface area (Å²) in [6, 6.07) is 6.93. The molecule has 18 heavy (non-hydrogen) atoms. The Morgan fingerprint density at radius 3 is 2.33 bits per heavy atom. The van der Waals surface area contributed by atoms with E-state index in [2.05, 4.69) is 19.2 Å². The highest BCUT2D eigenvalue weighted by Crippen LogP contribution is 2.16. The van der Waals surface area contributed by atoms with Gasteiger partial charge in [0.25, 0.3) is 0 Å². The van der Waals surface area contributed by atoms with Crippen molar-refractivity contribution in [2.45, 2.75) is 39.3 Å². The van der Waals surface area contributed by atoms with E-state index < -0.39 is 6.04 Å². The van der Waals surface area contributed by atoms with Crippen LogP contribution in [0.4, 0.5) is 0 Å². The number of carbonyl (C=O) groups is 1. The lowest BCUT2D eigenvalue weighted by molar-refractivity contribution is -0.123. The second kappa shape index (κ2) is 6.76. The van der Waals surface area contributed by atoms with Crippen LogP contribution in [0.2, 0.25) is 5.02 Å². The molecule has 0 aliphatic heterocycles. The minimum absolute atomic E-state index is 0.0621. The minimum atomic E-state index is -0.445. The van der Waals surface area contributed by atoms with E-state index in [0.29, 0.717) is 17.4 Å². The number of hydrogen-bond acceptors (Lipinski definition) is 2. The molecule has 0 aliphatic carbocycles. The zero-order valence-electron chi connectivity index (χ0n) is 11.1. The number of rotatable bonds is 5. The largest absolute Gasteiger partial charge is 0.348 e. The molecule has 0 fully saturated rings. The molecule has 0 saturated heterocycles. The van der Waals surface area contributed by atoms with Gasteiger partial charge < -0.3 is 11.1 Å². The molecule has 3 N–H and O–H groups in total. The van der Waals surface area contributed by atoms with Gasteiger partial charge in [0.1, 0.15) is 0 Å². The zero-order valence-corrected chi connectivity index (χ0v) is 11.9. The maximum absolute atomic E-state index is 11.9. The van der Waals surface area contributed by atoms with E-state index in [1.807, 2.05) is 31.2 Å². The third-order valence-corrected chi connectivity index (χ3v) is 3.04. The highest BCUT2D eigenvalue weighted by Gasteiger charge is 2.17. The van der Waals surface area contributed by atoms with Crippen LogP contribution in [0.5, 0.6) is 0 Å². The molecular weight excluding hydrogens is 248 g/mol. The van der Waals surface area contributed by atoms with Gasteiger partial charge in [0.2, 0.25) is 5.91 Å². The molecule has 1 aromatic carbocycles. The van der Waals surface area contributed by atoms with Gasteiger partial charge in [-0.25, -0.2) is 0 Å². The van der Waals surface area contributed by atoms with E-state index in [1.165, 1.54) is 0 Å².